The van der Waals surface area contributed by atoms with Gasteiger partial charge in [0.1, 0.15) is 6.67 Å². The Hall–Kier alpha value is -1.58. The highest BCUT2D eigenvalue weighted by atomic mass is 15.4. The van der Waals surface area contributed by atoms with Crippen molar-refractivity contribution in [3.63, 3.8) is 0 Å². The molecular formula is C47H64N4. The van der Waals surface area contributed by atoms with Crippen LogP contribution in [0.25, 0.3) is 0 Å². The van der Waals surface area contributed by atoms with E-state index in [9.17, 15) is 0 Å². The van der Waals surface area contributed by atoms with Gasteiger partial charge in [0.2, 0.25) is 0 Å². The van der Waals surface area contributed by atoms with E-state index in [0.29, 0.717) is 21.7 Å². The van der Waals surface area contributed by atoms with Crippen molar-refractivity contribution in [1.29, 1.82) is 0 Å². The minimum Gasteiger partial charge on any atom is -0.247 e. The van der Waals surface area contributed by atoms with Crippen LogP contribution in [0.1, 0.15) is 177 Å². The smallest absolute Gasteiger partial charge is 0.133 e. The van der Waals surface area contributed by atoms with Crippen LogP contribution in [0.4, 0.5) is 0 Å². The van der Waals surface area contributed by atoms with Crippen LogP contribution in [0.5, 0.6) is 0 Å². The van der Waals surface area contributed by atoms with Gasteiger partial charge in [0.05, 0.1) is 11.4 Å². The fraction of sp³-hybridized carbons (Fsp3) is 0.872. The van der Waals surface area contributed by atoms with Crippen molar-refractivity contribution in [1.82, 2.24) is 19.6 Å². The van der Waals surface area contributed by atoms with E-state index in [-0.39, 0.29) is 0 Å². The Kier molecular flexibility index (Phi) is 5.71. The van der Waals surface area contributed by atoms with E-state index < -0.39 is 0 Å². The molecular weight excluding hydrogens is 621 g/mol. The Morgan fingerprint density at radius 1 is 0.353 bits per heavy atom. The zero-order chi connectivity index (χ0) is 32.9. The molecule has 2 aromatic heterocycles. The van der Waals surface area contributed by atoms with E-state index in [4.69, 9.17) is 10.2 Å². The van der Waals surface area contributed by atoms with Gasteiger partial charge in [-0.1, -0.05) is 0 Å². The average Bonchev–Trinajstić information content (AvgIpc) is 3.70. The van der Waals surface area contributed by atoms with Crippen LogP contribution < -0.4 is 0 Å². The van der Waals surface area contributed by atoms with Gasteiger partial charge in [-0.15, -0.1) is 0 Å². The molecule has 0 saturated heterocycles. The lowest BCUT2D eigenvalue weighted by molar-refractivity contribution is -0.0118. The van der Waals surface area contributed by atoms with Crippen molar-refractivity contribution in [2.24, 2.45) is 71.0 Å². The molecule has 0 spiro atoms. The quantitative estimate of drug-likeness (QED) is 0.304. The molecule has 0 radical (unpaired) electrons. The predicted octanol–water partition coefficient (Wildman–Crippen LogP) is 10.5. The molecule has 16 aliphatic rings. The standard InChI is InChI=1S/C47H64N4/c1-28-2-30-3-29(1)16-44(15-28,17-30)40-13-42(46-21-34-7-35(22-46)9-36(8-34)23-46)50(48-40)27-51-43(47-24-37-10-38(25-47)12-39(11-37)26-47)14-41(49-51)45-18-31-4-32(19-45)6-33(5-31)20-45/h13-14,28-39H,1-12,15-27H2. The topological polar surface area (TPSA) is 35.6 Å². The number of aromatic nitrogens is 4. The van der Waals surface area contributed by atoms with Crippen molar-refractivity contribution in [3.05, 3.63) is 34.9 Å². The third-order valence-electron chi connectivity index (χ3n) is 20.2. The molecule has 16 fully saturated rings. The lowest BCUT2D eigenvalue weighted by atomic mass is 9.48. The van der Waals surface area contributed by atoms with Gasteiger partial charge in [0.15, 0.2) is 0 Å². The summed E-state index contributed by atoms with van der Waals surface area (Å²) in [7, 11) is 0. The summed E-state index contributed by atoms with van der Waals surface area (Å²) in [5, 5.41) is 12.0. The zero-order valence-corrected chi connectivity index (χ0v) is 31.5. The third-order valence-corrected chi connectivity index (χ3v) is 20.2. The van der Waals surface area contributed by atoms with Gasteiger partial charge < -0.3 is 0 Å². The Bertz CT molecular complexity index is 1520. The Morgan fingerprint density at radius 2 is 0.569 bits per heavy atom. The highest BCUT2D eigenvalue weighted by molar-refractivity contribution is 5.34. The molecule has 2 aromatic rings. The van der Waals surface area contributed by atoms with Crippen molar-refractivity contribution in [2.45, 2.75) is 182 Å². The first-order chi connectivity index (χ1) is 24.8. The van der Waals surface area contributed by atoms with E-state index >= 15 is 0 Å². The fourth-order valence-electron chi connectivity index (χ4n) is 20.2. The van der Waals surface area contributed by atoms with Crippen LogP contribution in [0.2, 0.25) is 0 Å². The molecule has 16 saturated carbocycles. The lowest BCUT2D eigenvalue weighted by Gasteiger charge is -2.57. The Morgan fingerprint density at radius 3 is 0.804 bits per heavy atom. The molecule has 0 aliphatic heterocycles. The molecule has 272 valence electrons. The van der Waals surface area contributed by atoms with Crippen LogP contribution in [-0.2, 0) is 28.3 Å². The minimum absolute atomic E-state index is 0.369. The second kappa shape index (κ2) is 9.80. The van der Waals surface area contributed by atoms with Gasteiger partial charge in [-0.25, -0.2) is 9.36 Å². The first-order valence-corrected chi connectivity index (χ1v) is 23.0. The number of hydrogen-bond donors (Lipinski definition) is 0. The minimum atomic E-state index is 0.369. The molecule has 0 N–H and O–H groups in total. The molecule has 0 amide bonds. The van der Waals surface area contributed by atoms with E-state index in [2.05, 4.69) is 21.5 Å². The van der Waals surface area contributed by atoms with Gasteiger partial charge in [-0.2, -0.15) is 10.2 Å². The second-order valence-corrected chi connectivity index (χ2v) is 23.8. The second-order valence-electron chi connectivity index (χ2n) is 23.8. The SMILES string of the molecule is c1c(C23CC4CC(CC(C4)C2)C3)nn(Cn2nc(C34CC5CC(CC(C5)C3)C4)cc2C23CC4CC(CC(C4)C2)C3)c1C12CC3CC(CC(C3)C1)C2. The van der Waals surface area contributed by atoms with E-state index in [1.54, 1.807) is 22.8 Å². The van der Waals surface area contributed by atoms with Crippen LogP contribution in [0.3, 0.4) is 0 Å². The molecule has 51 heavy (non-hydrogen) atoms. The van der Waals surface area contributed by atoms with Crippen LogP contribution in [0.15, 0.2) is 12.1 Å². The zero-order valence-electron chi connectivity index (χ0n) is 31.5. The van der Waals surface area contributed by atoms with Crippen LogP contribution >= 0.6 is 0 Å². The van der Waals surface area contributed by atoms with Gasteiger partial charge in [0.25, 0.3) is 0 Å². The Balaban J connectivity index is 0.919. The highest BCUT2D eigenvalue weighted by Crippen LogP contribution is 2.66. The summed E-state index contributed by atoms with van der Waals surface area (Å²) in [5.41, 5.74) is 7.97. The molecule has 0 aromatic carbocycles. The molecule has 16 bridgehead atoms. The third kappa shape index (κ3) is 4.16. The van der Waals surface area contributed by atoms with E-state index in [1.165, 1.54) is 154 Å². The van der Waals surface area contributed by atoms with Gasteiger partial charge in [0, 0.05) is 33.0 Å². The summed E-state index contributed by atoms with van der Waals surface area (Å²) in [6.45, 7) is 0.896. The summed E-state index contributed by atoms with van der Waals surface area (Å²) < 4.78 is 5.39. The van der Waals surface area contributed by atoms with Crippen LogP contribution in [-0.4, -0.2) is 19.6 Å². The van der Waals surface area contributed by atoms with Gasteiger partial charge in [-0.3, -0.25) is 0 Å². The molecule has 2 heterocycles. The van der Waals surface area contributed by atoms with E-state index in [0.717, 1.165) is 77.7 Å². The molecule has 0 unspecified atom stereocenters. The first-order valence-electron chi connectivity index (χ1n) is 23.0. The van der Waals surface area contributed by atoms with Crippen molar-refractivity contribution in [2.75, 3.05) is 0 Å². The van der Waals surface area contributed by atoms with Crippen molar-refractivity contribution >= 4 is 0 Å². The van der Waals surface area contributed by atoms with Crippen LogP contribution in [0, 0.1) is 71.0 Å². The number of rotatable bonds is 6. The molecule has 4 heteroatoms. The predicted molar refractivity (Wildman–Crippen MR) is 199 cm³/mol. The number of hydrogen-bond acceptors (Lipinski definition) is 2. The van der Waals surface area contributed by atoms with E-state index in [1.807, 2.05) is 0 Å². The molecule has 4 nitrogen and oxygen atoms in total. The maximum Gasteiger partial charge on any atom is 0.133 e. The largest absolute Gasteiger partial charge is 0.247 e. The summed E-state index contributed by atoms with van der Waals surface area (Å²) in [6.07, 6.45) is 35.6. The van der Waals surface area contributed by atoms with Crippen molar-refractivity contribution < 1.29 is 0 Å². The van der Waals surface area contributed by atoms with Gasteiger partial charge >= 0.3 is 0 Å². The summed E-state index contributed by atoms with van der Waals surface area (Å²) >= 11 is 0. The maximum atomic E-state index is 6.00. The first kappa shape index (κ1) is 29.7. The van der Waals surface area contributed by atoms with Gasteiger partial charge in [-0.05, 0) is 237 Å². The monoisotopic (exact) mass is 685 g/mol. The molecule has 18 rings (SSSR count). The lowest BCUT2D eigenvalue weighted by Crippen LogP contribution is -2.50. The highest BCUT2D eigenvalue weighted by Gasteiger charge is 2.58. The molecule has 0 atom stereocenters. The van der Waals surface area contributed by atoms with Crippen molar-refractivity contribution in [3.8, 4) is 0 Å². The Labute approximate surface area is 307 Å². The molecule has 16 aliphatic carbocycles. The summed E-state index contributed by atoms with van der Waals surface area (Å²) in [5.74, 6) is 11.7. The fourth-order valence-corrected chi connectivity index (χ4v) is 20.2. The summed E-state index contributed by atoms with van der Waals surface area (Å²) in [4.78, 5) is 0. The normalized spacial score (nSPS) is 54.7. The summed E-state index contributed by atoms with van der Waals surface area (Å²) in [6, 6.07) is 5.63. The number of nitrogens with zero attached hydrogens (tertiary/aromatic N) is 4. The average molecular weight is 685 g/mol. The maximum absolute atomic E-state index is 6.00.